The quantitative estimate of drug-likeness (QED) is 0.815. The summed E-state index contributed by atoms with van der Waals surface area (Å²) in [5, 5.41) is 1.59. The molecule has 0 atom stereocenters. The summed E-state index contributed by atoms with van der Waals surface area (Å²) >= 11 is 6.91. The van der Waals surface area contributed by atoms with Crippen molar-refractivity contribution in [3.63, 3.8) is 0 Å². The van der Waals surface area contributed by atoms with Crippen molar-refractivity contribution in [3.05, 3.63) is 16.3 Å². The van der Waals surface area contributed by atoms with Crippen molar-refractivity contribution in [1.82, 2.24) is 4.72 Å². The molecule has 0 amide bonds. The van der Waals surface area contributed by atoms with Gasteiger partial charge in [-0.3, -0.25) is 0 Å². The van der Waals surface area contributed by atoms with Crippen LogP contribution < -0.4 is 4.72 Å². The molecule has 6 heteroatoms. The molecule has 1 heterocycles. The summed E-state index contributed by atoms with van der Waals surface area (Å²) in [6.07, 6.45) is 0. The fourth-order valence-corrected chi connectivity index (χ4v) is 3.27. The van der Waals surface area contributed by atoms with Gasteiger partial charge in [0.05, 0.1) is 10.8 Å². The van der Waals surface area contributed by atoms with Gasteiger partial charge in [0, 0.05) is 16.8 Å². The summed E-state index contributed by atoms with van der Waals surface area (Å²) in [4.78, 5) is 1.16. The first kappa shape index (κ1) is 11.0. The molecule has 13 heavy (non-hydrogen) atoms. The molecule has 74 valence electrons. The summed E-state index contributed by atoms with van der Waals surface area (Å²) in [6, 6.07) is 1.59. The second-order valence-corrected chi connectivity index (χ2v) is 5.41. The molecule has 0 unspecified atom stereocenters. The van der Waals surface area contributed by atoms with Gasteiger partial charge in [-0.2, -0.15) is 0 Å². The SMILES string of the molecule is CCNS(=O)(=O)c1csc(CCl)c1. The molecule has 3 nitrogen and oxygen atoms in total. The number of rotatable bonds is 4. The smallest absolute Gasteiger partial charge is 0.211 e. The summed E-state index contributed by atoms with van der Waals surface area (Å²) in [5.74, 6) is 0.353. The summed E-state index contributed by atoms with van der Waals surface area (Å²) in [7, 11) is -3.30. The molecule has 0 aliphatic carbocycles. The fraction of sp³-hybridized carbons (Fsp3) is 0.429. The molecule has 0 saturated carbocycles. The lowest BCUT2D eigenvalue weighted by Crippen LogP contribution is -2.22. The molecule has 0 bridgehead atoms. The third kappa shape index (κ3) is 2.67. The van der Waals surface area contributed by atoms with Crippen LogP contribution in [0.5, 0.6) is 0 Å². The first-order valence-electron chi connectivity index (χ1n) is 3.73. The maximum atomic E-state index is 11.4. The predicted octanol–water partition coefficient (Wildman–Crippen LogP) is 1.79. The number of halogens is 1. The van der Waals surface area contributed by atoms with Crippen molar-refractivity contribution < 1.29 is 8.42 Å². The molecule has 1 rings (SSSR count). The average Bonchev–Trinajstić information content (AvgIpc) is 2.52. The van der Waals surface area contributed by atoms with Gasteiger partial charge < -0.3 is 0 Å². The van der Waals surface area contributed by atoms with Gasteiger partial charge in [-0.1, -0.05) is 6.92 Å². The fourth-order valence-electron chi connectivity index (χ4n) is 0.845. The van der Waals surface area contributed by atoms with Crippen LogP contribution in [0.4, 0.5) is 0 Å². The Balaban J connectivity index is 2.94. The third-order valence-corrected chi connectivity index (χ3v) is 4.46. The number of sulfonamides is 1. The summed E-state index contributed by atoms with van der Waals surface area (Å²) in [6.45, 7) is 2.14. The van der Waals surface area contributed by atoms with Crippen LogP contribution in [0.1, 0.15) is 11.8 Å². The van der Waals surface area contributed by atoms with E-state index in [9.17, 15) is 8.42 Å². The zero-order chi connectivity index (χ0) is 9.90. The molecule has 1 aromatic rings. The molecule has 0 saturated heterocycles. The van der Waals surface area contributed by atoms with E-state index in [1.54, 1.807) is 18.4 Å². The van der Waals surface area contributed by atoms with Crippen molar-refractivity contribution in [3.8, 4) is 0 Å². The summed E-state index contributed by atoms with van der Waals surface area (Å²) in [5.41, 5.74) is 0. The van der Waals surface area contributed by atoms with E-state index in [-0.39, 0.29) is 0 Å². The monoisotopic (exact) mass is 239 g/mol. The Morgan fingerprint density at radius 3 is 2.77 bits per heavy atom. The molecule has 1 aromatic heterocycles. The molecule has 0 aliphatic heterocycles. The van der Waals surface area contributed by atoms with E-state index >= 15 is 0 Å². The van der Waals surface area contributed by atoms with Crippen molar-refractivity contribution in [1.29, 1.82) is 0 Å². The molecule has 1 N–H and O–H groups in total. The van der Waals surface area contributed by atoms with Gasteiger partial charge in [0.1, 0.15) is 0 Å². The molecule has 0 radical (unpaired) electrons. The number of hydrogen-bond acceptors (Lipinski definition) is 3. The van der Waals surface area contributed by atoms with Gasteiger partial charge in [0.15, 0.2) is 0 Å². The van der Waals surface area contributed by atoms with E-state index in [1.165, 1.54) is 11.3 Å². The topological polar surface area (TPSA) is 46.2 Å². The lowest BCUT2D eigenvalue weighted by Gasteiger charge is -1.99. The zero-order valence-electron chi connectivity index (χ0n) is 7.08. The Kier molecular flexibility index (Phi) is 3.73. The minimum Gasteiger partial charge on any atom is -0.211 e. The molecule has 0 fully saturated rings. The molecule has 0 aromatic carbocycles. The number of alkyl halides is 1. The molecule has 0 spiro atoms. The largest absolute Gasteiger partial charge is 0.241 e. The highest BCUT2D eigenvalue weighted by molar-refractivity contribution is 7.89. The van der Waals surface area contributed by atoms with Crippen molar-refractivity contribution in [2.75, 3.05) is 6.54 Å². The van der Waals surface area contributed by atoms with Crippen LogP contribution in [0, 0.1) is 0 Å². The Hall–Kier alpha value is -0.100. The van der Waals surface area contributed by atoms with Crippen molar-refractivity contribution >= 4 is 33.0 Å². The first-order chi connectivity index (χ1) is 6.10. The third-order valence-electron chi connectivity index (χ3n) is 1.41. The van der Waals surface area contributed by atoms with Crippen LogP contribution in [0.2, 0.25) is 0 Å². The minimum absolute atomic E-state index is 0.301. The normalized spacial score (nSPS) is 11.8. The highest BCUT2D eigenvalue weighted by Gasteiger charge is 2.14. The maximum absolute atomic E-state index is 11.4. The lowest BCUT2D eigenvalue weighted by molar-refractivity contribution is 0.584. The van der Waals surface area contributed by atoms with E-state index < -0.39 is 10.0 Å². The van der Waals surface area contributed by atoms with Crippen molar-refractivity contribution in [2.45, 2.75) is 17.7 Å². The van der Waals surface area contributed by atoms with Gasteiger partial charge in [-0.05, 0) is 6.07 Å². The van der Waals surface area contributed by atoms with Gasteiger partial charge in [0.25, 0.3) is 0 Å². The molecular weight excluding hydrogens is 230 g/mol. The highest BCUT2D eigenvalue weighted by atomic mass is 35.5. The van der Waals surface area contributed by atoms with Crippen LogP contribution >= 0.6 is 22.9 Å². The van der Waals surface area contributed by atoms with Crippen LogP contribution in [-0.2, 0) is 15.9 Å². The van der Waals surface area contributed by atoms with Crippen LogP contribution in [0.3, 0.4) is 0 Å². The average molecular weight is 240 g/mol. The highest BCUT2D eigenvalue weighted by Crippen LogP contribution is 2.20. The van der Waals surface area contributed by atoms with Gasteiger partial charge in [-0.25, -0.2) is 13.1 Å². The Morgan fingerprint density at radius 1 is 1.62 bits per heavy atom. The van der Waals surface area contributed by atoms with Crippen LogP contribution in [0.15, 0.2) is 16.3 Å². The molecular formula is C7H10ClNO2S2. The Labute approximate surface area is 86.8 Å². The van der Waals surface area contributed by atoms with Gasteiger partial charge in [0.2, 0.25) is 10.0 Å². The van der Waals surface area contributed by atoms with Gasteiger partial charge in [-0.15, -0.1) is 22.9 Å². The number of hydrogen-bond donors (Lipinski definition) is 1. The lowest BCUT2D eigenvalue weighted by atomic mass is 10.5. The summed E-state index contributed by atoms with van der Waals surface area (Å²) < 4.78 is 25.2. The van der Waals surface area contributed by atoms with E-state index in [0.29, 0.717) is 17.3 Å². The van der Waals surface area contributed by atoms with E-state index in [1.807, 2.05) is 0 Å². The zero-order valence-corrected chi connectivity index (χ0v) is 9.47. The van der Waals surface area contributed by atoms with Crippen molar-refractivity contribution in [2.24, 2.45) is 0 Å². The second-order valence-electron chi connectivity index (χ2n) is 2.38. The number of thiophene rings is 1. The first-order valence-corrected chi connectivity index (χ1v) is 6.63. The second kappa shape index (κ2) is 4.41. The van der Waals surface area contributed by atoms with E-state index in [4.69, 9.17) is 11.6 Å². The number of nitrogens with one attached hydrogen (secondary N) is 1. The molecule has 0 aliphatic rings. The van der Waals surface area contributed by atoms with E-state index in [2.05, 4.69) is 4.72 Å². The maximum Gasteiger partial charge on any atom is 0.241 e. The van der Waals surface area contributed by atoms with Crippen LogP contribution in [0.25, 0.3) is 0 Å². The predicted molar refractivity (Wildman–Crippen MR) is 54.7 cm³/mol. The standard InChI is InChI=1S/C7H10ClNO2S2/c1-2-9-13(10,11)7-3-6(4-8)12-5-7/h3,5,9H,2,4H2,1H3. The van der Waals surface area contributed by atoms with E-state index in [0.717, 1.165) is 4.88 Å². The Bertz CT molecular complexity index is 372. The minimum atomic E-state index is -3.30. The van der Waals surface area contributed by atoms with Gasteiger partial charge >= 0.3 is 0 Å². The Morgan fingerprint density at radius 2 is 2.31 bits per heavy atom. The van der Waals surface area contributed by atoms with Crippen LogP contribution in [-0.4, -0.2) is 15.0 Å².